The Hall–Kier alpha value is -1.53. The summed E-state index contributed by atoms with van der Waals surface area (Å²) in [5.74, 6) is 1.07. The fourth-order valence-electron chi connectivity index (χ4n) is 4.36. The molecule has 0 aliphatic carbocycles. The summed E-state index contributed by atoms with van der Waals surface area (Å²) in [6, 6.07) is 10.2. The van der Waals surface area contributed by atoms with Crippen LogP contribution in [-0.4, -0.2) is 53.0 Å². The lowest BCUT2D eigenvalue weighted by atomic mass is 10.1. The summed E-state index contributed by atoms with van der Waals surface area (Å²) in [6.07, 6.45) is 6.68. The molecule has 1 aromatic carbocycles. The van der Waals surface area contributed by atoms with Gasteiger partial charge in [-0.15, -0.1) is 11.8 Å². The number of hydrogen-bond donors (Lipinski definition) is 2. The third kappa shape index (κ3) is 5.09. The fourth-order valence-corrected chi connectivity index (χ4v) is 5.73. The Morgan fingerprint density at radius 2 is 2.00 bits per heavy atom. The fraction of sp³-hybridized carbons (Fsp3) is 0.636. The molecule has 2 amide bonds. The first-order valence-corrected chi connectivity index (χ1v) is 11.6. The van der Waals surface area contributed by atoms with E-state index in [-0.39, 0.29) is 29.3 Å². The minimum absolute atomic E-state index is 0.0609. The Bertz CT molecular complexity index is 650. The second-order valence-corrected chi connectivity index (χ2v) is 9.07. The van der Waals surface area contributed by atoms with Gasteiger partial charge in [0.15, 0.2) is 0 Å². The van der Waals surface area contributed by atoms with Crippen LogP contribution in [0.25, 0.3) is 0 Å². The molecule has 0 bridgehead atoms. The summed E-state index contributed by atoms with van der Waals surface area (Å²) in [6.45, 7) is 1.98. The van der Waals surface area contributed by atoms with Gasteiger partial charge >= 0.3 is 0 Å². The van der Waals surface area contributed by atoms with Gasteiger partial charge in [0, 0.05) is 6.04 Å². The molecule has 0 aromatic heterocycles. The monoisotopic (exact) mass is 403 g/mol. The maximum Gasteiger partial charge on any atom is 0.246 e. The maximum absolute atomic E-state index is 13.3. The highest BCUT2D eigenvalue weighted by atomic mass is 32.2. The summed E-state index contributed by atoms with van der Waals surface area (Å²) in [5.41, 5.74) is 1.34. The van der Waals surface area contributed by atoms with Gasteiger partial charge in [-0.25, -0.2) is 0 Å². The minimum Gasteiger partial charge on any atom is -0.343 e. The highest BCUT2D eigenvalue weighted by molar-refractivity contribution is 7.99. The first-order chi connectivity index (χ1) is 13.6. The van der Waals surface area contributed by atoms with E-state index in [1.54, 1.807) is 7.05 Å². The Labute approximate surface area is 173 Å². The van der Waals surface area contributed by atoms with E-state index >= 15 is 0 Å². The Morgan fingerprint density at radius 1 is 1.21 bits per heavy atom. The number of hydrogen-bond acceptors (Lipinski definition) is 4. The molecule has 1 aromatic rings. The Balaban J connectivity index is 1.59. The quantitative estimate of drug-likeness (QED) is 0.701. The zero-order valence-electron chi connectivity index (χ0n) is 17.0. The Kier molecular flexibility index (Phi) is 7.80. The van der Waals surface area contributed by atoms with Gasteiger partial charge in [-0.2, -0.15) is 0 Å². The van der Waals surface area contributed by atoms with Crippen molar-refractivity contribution in [2.45, 2.75) is 75.4 Å². The molecule has 0 saturated carbocycles. The number of nitrogens with zero attached hydrogens (tertiary/aromatic N) is 1. The van der Waals surface area contributed by atoms with Crippen LogP contribution in [-0.2, 0) is 16.0 Å². The number of carbonyl (C=O) groups excluding carboxylic acids is 2. The van der Waals surface area contributed by atoms with Crippen molar-refractivity contribution in [3.05, 3.63) is 35.9 Å². The molecule has 2 fully saturated rings. The van der Waals surface area contributed by atoms with E-state index in [2.05, 4.69) is 39.8 Å². The van der Waals surface area contributed by atoms with Crippen molar-refractivity contribution in [1.29, 1.82) is 0 Å². The molecule has 2 unspecified atom stereocenters. The molecule has 6 heteroatoms. The zero-order chi connectivity index (χ0) is 19.9. The highest BCUT2D eigenvalue weighted by Crippen LogP contribution is 2.37. The van der Waals surface area contributed by atoms with Crippen molar-refractivity contribution in [3.8, 4) is 0 Å². The third-order valence-corrected chi connectivity index (χ3v) is 7.25. The van der Waals surface area contributed by atoms with E-state index in [0.29, 0.717) is 12.5 Å². The minimum atomic E-state index is -0.379. The van der Waals surface area contributed by atoms with Crippen molar-refractivity contribution in [2.75, 3.05) is 12.8 Å². The van der Waals surface area contributed by atoms with Gasteiger partial charge in [0.1, 0.15) is 6.04 Å². The zero-order valence-corrected chi connectivity index (χ0v) is 17.8. The SMILES string of the molecule is CCC(NC)C(=O)N[C@H]1CCC[C@H]2CCC(SCCc3ccccc3)N2C1=O. The summed E-state index contributed by atoms with van der Waals surface area (Å²) in [7, 11) is 1.79. The number of aryl methyl sites for hydroxylation is 1. The first kappa shape index (κ1) is 21.2. The number of carbonyl (C=O) groups is 2. The van der Waals surface area contributed by atoms with Crippen LogP contribution in [0.15, 0.2) is 30.3 Å². The van der Waals surface area contributed by atoms with Gasteiger partial charge < -0.3 is 15.5 Å². The lowest BCUT2D eigenvalue weighted by Crippen LogP contribution is -2.53. The number of amides is 2. The van der Waals surface area contributed by atoms with E-state index in [4.69, 9.17) is 0 Å². The Morgan fingerprint density at radius 3 is 2.71 bits per heavy atom. The lowest BCUT2D eigenvalue weighted by molar-refractivity contribution is -0.137. The number of benzene rings is 1. The molecule has 2 saturated heterocycles. The number of likely N-dealkylation sites (N-methyl/N-ethyl adjacent to an activating group) is 1. The van der Waals surface area contributed by atoms with Gasteiger partial charge in [-0.1, -0.05) is 37.3 Å². The first-order valence-electron chi connectivity index (χ1n) is 10.6. The predicted octanol–water partition coefficient (Wildman–Crippen LogP) is 2.95. The normalized spacial score (nSPS) is 25.9. The second kappa shape index (κ2) is 10.3. The molecular weight excluding hydrogens is 370 g/mol. The van der Waals surface area contributed by atoms with Crippen LogP contribution >= 0.6 is 11.8 Å². The molecule has 2 aliphatic heterocycles. The van der Waals surface area contributed by atoms with Crippen LogP contribution in [0.5, 0.6) is 0 Å². The van der Waals surface area contributed by atoms with Crippen LogP contribution in [0.3, 0.4) is 0 Å². The molecule has 2 heterocycles. The molecule has 2 aliphatic rings. The summed E-state index contributed by atoms with van der Waals surface area (Å²) in [4.78, 5) is 27.9. The van der Waals surface area contributed by atoms with Crippen molar-refractivity contribution >= 4 is 23.6 Å². The summed E-state index contributed by atoms with van der Waals surface area (Å²) >= 11 is 1.89. The predicted molar refractivity (Wildman–Crippen MR) is 115 cm³/mol. The van der Waals surface area contributed by atoms with Gasteiger partial charge in [0.2, 0.25) is 11.8 Å². The molecule has 154 valence electrons. The van der Waals surface area contributed by atoms with Gasteiger partial charge in [0.05, 0.1) is 11.4 Å². The molecule has 0 spiro atoms. The number of thioether (sulfide) groups is 1. The topological polar surface area (TPSA) is 61.4 Å². The van der Waals surface area contributed by atoms with Crippen molar-refractivity contribution in [2.24, 2.45) is 0 Å². The van der Waals surface area contributed by atoms with Gasteiger partial charge in [0.25, 0.3) is 0 Å². The van der Waals surface area contributed by atoms with Crippen LogP contribution in [0.1, 0.15) is 51.0 Å². The van der Waals surface area contributed by atoms with Crippen LogP contribution in [0.2, 0.25) is 0 Å². The molecule has 28 heavy (non-hydrogen) atoms. The largest absolute Gasteiger partial charge is 0.343 e. The average molecular weight is 404 g/mol. The van der Waals surface area contributed by atoms with Crippen LogP contribution < -0.4 is 10.6 Å². The molecule has 3 rings (SSSR count). The standard InChI is InChI=1S/C22H33N3O2S/c1-3-18(23-2)21(26)24-19-11-7-10-17-12-13-20(25(17)22(19)27)28-15-14-16-8-5-4-6-9-16/h4-6,8-9,17-20,23H,3,7,10-15H2,1-2H3,(H,24,26)/t17-,18?,19-,20?/m0/s1. The number of rotatable bonds is 8. The van der Waals surface area contributed by atoms with Crippen LogP contribution in [0, 0.1) is 0 Å². The van der Waals surface area contributed by atoms with Gasteiger partial charge in [-0.05, 0) is 63.3 Å². The molecule has 4 atom stereocenters. The van der Waals surface area contributed by atoms with E-state index < -0.39 is 0 Å². The van der Waals surface area contributed by atoms with Crippen molar-refractivity contribution in [3.63, 3.8) is 0 Å². The second-order valence-electron chi connectivity index (χ2n) is 7.78. The molecule has 5 nitrogen and oxygen atoms in total. The third-order valence-electron chi connectivity index (χ3n) is 5.97. The van der Waals surface area contributed by atoms with E-state index in [1.165, 1.54) is 5.56 Å². The van der Waals surface area contributed by atoms with E-state index in [9.17, 15) is 9.59 Å². The van der Waals surface area contributed by atoms with Crippen LogP contribution in [0.4, 0.5) is 0 Å². The number of nitrogens with one attached hydrogen (secondary N) is 2. The number of fused-ring (bicyclic) bond motifs is 1. The van der Waals surface area contributed by atoms with Crippen molar-refractivity contribution < 1.29 is 9.59 Å². The summed E-state index contributed by atoms with van der Waals surface area (Å²) < 4.78 is 0. The van der Waals surface area contributed by atoms with E-state index in [0.717, 1.165) is 44.3 Å². The molecule has 0 radical (unpaired) electrons. The highest BCUT2D eigenvalue weighted by Gasteiger charge is 2.42. The molecule has 2 N–H and O–H groups in total. The van der Waals surface area contributed by atoms with Gasteiger partial charge in [-0.3, -0.25) is 9.59 Å². The van der Waals surface area contributed by atoms with E-state index in [1.807, 2.05) is 24.8 Å². The van der Waals surface area contributed by atoms with Crippen molar-refractivity contribution in [1.82, 2.24) is 15.5 Å². The smallest absolute Gasteiger partial charge is 0.246 e. The lowest BCUT2D eigenvalue weighted by Gasteiger charge is -2.31. The summed E-state index contributed by atoms with van der Waals surface area (Å²) in [5, 5.41) is 6.29. The maximum atomic E-state index is 13.3. The average Bonchev–Trinajstić information content (AvgIpc) is 3.04. The molecular formula is C22H33N3O2S.